The predicted molar refractivity (Wildman–Crippen MR) is 98.5 cm³/mol. The predicted octanol–water partition coefficient (Wildman–Crippen LogP) is 1.50. The van der Waals surface area contributed by atoms with E-state index in [4.69, 9.17) is 4.74 Å². The van der Waals surface area contributed by atoms with Crippen molar-refractivity contribution in [3.05, 3.63) is 0 Å². The molecule has 0 spiro atoms. The lowest BCUT2D eigenvalue weighted by Gasteiger charge is -2.35. The number of guanidine groups is 1. The summed E-state index contributed by atoms with van der Waals surface area (Å²) in [6.45, 7) is 14.9. The third-order valence-corrected chi connectivity index (χ3v) is 3.96. The number of hydrogen-bond donors (Lipinski definition) is 2. The zero-order valence-corrected chi connectivity index (χ0v) is 16.2. The number of piperazine rings is 1. The molecule has 7 nitrogen and oxygen atoms in total. The normalized spacial score (nSPS) is 18.2. The molecule has 1 amide bonds. The fourth-order valence-electron chi connectivity index (χ4n) is 2.34. The third-order valence-electron chi connectivity index (χ3n) is 3.96. The summed E-state index contributed by atoms with van der Waals surface area (Å²) in [5.74, 6) is 0.844. The lowest BCUT2D eigenvalue weighted by molar-refractivity contribution is 0.0147. The zero-order chi connectivity index (χ0) is 18.2. The summed E-state index contributed by atoms with van der Waals surface area (Å²) in [7, 11) is 1.79. The van der Waals surface area contributed by atoms with Crippen LogP contribution in [0, 0.1) is 0 Å². The molecular formula is C17H35N5O2. The number of ether oxygens (including phenoxy) is 1. The average molecular weight is 342 g/mol. The van der Waals surface area contributed by atoms with Crippen molar-refractivity contribution in [2.75, 3.05) is 46.3 Å². The number of amides is 1. The second-order valence-electron chi connectivity index (χ2n) is 7.26. The molecule has 0 aromatic rings. The van der Waals surface area contributed by atoms with Crippen LogP contribution in [-0.4, -0.2) is 79.8 Å². The molecule has 1 saturated heterocycles. The molecule has 140 valence electrons. The second kappa shape index (κ2) is 9.71. The molecule has 0 radical (unpaired) electrons. The van der Waals surface area contributed by atoms with E-state index >= 15 is 0 Å². The first-order valence-electron chi connectivity index (χ1n) is 8.92. The van der Waals surface area contributed by atoms with Gasteiger partial charge in [-0.05, 0) is 34.1 Å². The Balaban J connectivity index is 2.25. The quantitative estimate of drug-likeness (QED) is 0.586. The molecule has 1 fully saturated rings. The number of carbonyl (C=O) groups excluding carboxylic acids is 1. The minimum Gasteiger partial charge on any atom is -0.444 e. The monoisotopic (exact) mass is 341 g/mol. The lowest BCUT2D eigenvalue weighted by Crippen LogP contribution is -2.52. The van der Waals surface area contributed by atoms with Gasteiger partial charge in [-0.2, -0.15) is 0 Å². The van der Waals surface area contributed by atoms with Crippen molar-refractivity contribution in [1.82, 2.24) is 20.4 Å². The molecule has 0 aromatic carbocycles. The van der Waals surface area contributed by atoms with Crippen LogP contribution < -0.4 is 10.6 Å². The maximum Gasteiger partial charge on any atom is 0.410 e. The SMILES string of the molecule is CCC(C)NC(=NC)NCCN1CCN(C(=O)OC(C)(C)C)CC1. The van der Waals surface area contributed by atoms with Gasteiger partial charge in [0.25, 0.3) is 0 Å². The Morgan fingerprint density at radius 3 is 2.38 bits per heavy atom. The van der Waals surface area contributed by atoms with Crippen LogP contribution in [0.1, 0.15) is 41.0 Å². The van der Waals surface area contributed by atoms with Gasteiger partial charge in [0.15, 0.2) is 5.96 Å². The lowest BCUT2D eigenvalue weighted by atomic mass is 10.2. The summed E-state index contributed by atoms with van der Waals surface area (Å²) in [4.78, 5) is 20.4. The summed E-state index contributed by atoms with van der Waals surface area (Å²) in [6, 6.07) is 0.411. The third kappa shape index (κ3) is 7.86. The summed E-state index contributed by atoms with van der Waals surface area (Å²) in [5, 5.41) is 6.69. The molecule has 1 aliphatic rings. The van der Waals surface area contributed by atoms with Gasteiger partial charge in [-0.3, -0.25) is 9.89 Å². The number of carbonyl (C=O) groups is 1. The minimum absolute atomic E-state index is 0.210. The number of hydrogen-bond acceptors (Lipinski definition) is 4. The standard InChI is InChI=1S/C17H35N5O2/c1-7-14(2)20-15(18-6)19-8-9-21-10-12-22(13-11-21)16(23)24-17(3,4)5/h14H,7-13H2,1-6H3,(H2,18,19,20). The number of nitrogens with one attached hydrogen (secondary N) is 2. The van der Waals surface area contributed by atoms with Crippen LogP contribution in [0.5, 0.6) is 0 Å². The van der Waals surface area contributed by atoms with E-state index in [9.17, 15) is 4.79 Å². The van der Waals surface area contributed by atoms with E-state index in [0.29, 0.717) is 6.04 Å². The maximum absolute atomic E-state index is 12.0. The highest BCUT2D eigenvalue weighted by atomic mass is 16.6. The molecule has 0 aromatic heterocycles. The molecule has 1 heterocycles. The maximum atomic E-state index is 12.0. The molecule has 2 N–H and O–H groups in total. The smallest absolute Gasteiger partial charge is 0.410 e. The van der Waals surface area contributed by atoms with Gasteiger partial charge in [0.2, 0.25) is 0 Å². The molecule has 1 atom stereocenters. The van der Waals surface area contributed by atoms with Gasteiger partial charge in [0.1, 0.15) is 5.60 Å². The van der Waals surface area contributed by atoms with Gasteiger partial charge < -0.3 is 20.3 Å². The van der Waals surface area contributed by atoms with Crippen LogP contribution in [-0.2, 0) is 4.74 Å². The van der Waals surface area contributed by atoms with Gasteiger partial charge in [-0.1, -0.05) is 6.92 Å². The topological polar surface area (TPSA) is 69.2 Å². The van der Waals surface area contributed by atoms with Crippen molar-refractivity contribution < 1.29 is 9.53 Å². The Kier molecular flexibility index (Phi) is 8.31. The summed E-state index contributed by atoms with van der Waals surface area (Å²) < 4.78 is 5.42. The van der Waals surface area contributed by atoms with Crippen LogP contribution in [0.25, 0.3) is 0 Å². The van der Waals surface area contributed by atoms with Crippen LogP contribution in [0.15, 0.2) is 4.99 Å². The Morgan fingerprint density at radius 1 is 1.25 bits per heavy atom. The number of aliphatic imine (C=N–C) groups is 1. The van der Waals surface area contributed by atoms with Gasteiger partial charge in [-0.15, -0.1) is 0 Å². The van der Waals surface area contributed by atoms with Crippen molar-refractivity contribution in [3.8, 4) is 0 Å². The summed E-state index contributed by atoms with van der Waals surface area (Å²) in [6.07, 6.45) is 0.853. The average Bonchev–Trinajstić information content (AvgIpc) is 2.52. The van der Waals surface area contributed by atoms with Crippen molar-refractivity contribution in [1.29, 1.82) is 0 Å². The van der Waals surface area contributed by atoms with Crippen molar-refractivity contribution in [2.24, 2.45) is 4.99 Å². The van der Waals surface area contributed by atoms with E-state index in [1.807, 2.05) is 20.8 Å². The first kappa shape index (κ1) is 20.5. The van der Waals surface area contributed by atoms with Crippen LogP contribution in [0.3, 0.4) is 0 Å². The van der Waals surface area contributed by atoms with Crippen molar-refractivity contribution in [3.63, 3.8) is 0 Å². The Bertz CT molecular complexity index is 412. The molecular weight excluding hydrogens is 306 g/mol. The van der Waals surface area contributed by atoms with Gasteiger partial charge in [0, 0.05) is 52.4 Å². The van der Waals surface area contributed by atoms with E-state index in [1.54, 1.807) is 11.9 Å². The highest BCUT2D eigenvalue weighted by Crippen LogP contribution is 2.11. The first-order valence-corrected chi connectivity index (χ1v) is 8.92. The van der Waals surface area contributed by atoms with E-state index in [2.05, 4.69) is 34.4 Å². The fourth-order valence-corrected chi connectivity index (χ4v) is 2.34. The molecule has 24 heavy (non-hydrogen) atoms. The van der Waals surface area contributed by atoms with Crippen molar-refractivity contribution in [2.45, 2.75) is 52.7 Å². The van der Waals surface area contributed by atoms with Gasteiger partial charge >= 0.3 is 6.09 Å². The van der Waals surface area contributed by atoms with E-state index < -0.39 is 5.60 Å². The molecule has 0 bridgehead atoms. The zero-order valence-electron chi connectivity index (χ0n) is 16.2. The molecule has 0 aliphatic carbocycles. The number of rotatable bonds is 5. The fraction of sp³-hybridized carbons (Fsp3) is 0.882. The summed E-state index contributed by atoms with van der Waals surface area (Å²) >= 11 is 0. The van der Waals surface area contributed by atoms with E-state index in [-0.39, 0.29) is 6.09 Å². The second-order valence-corrected chi connectivity index (χ2v) is 7.26. The molecule has 7 heteroatoms. The van der Waals surface area contributed by atoms with E-state index in [0.717, 1.165) is 51.6 Å². The highest BCUT2D eigenvalue weighted by molar-refractivity contribution is 5.79. The van der Waals surface area contributed by atoms with Gasteiger partial charge in [0.05, 0.1) is 0 Å². The minimum atomic E-state index is -0.434. The highest BCUT2D eigenvalue weighted by Gasteiger charge is 2.25. The van der Waals surface area contributed by atoms with Gasteiger partial charge in [-0.25, -0.2) is 4.79 Å². The van der Waals surface area contributed by atoms with Crippen LogP contribution >= 0.6 is 0 Å². The Labute approximate surface area is 146 Å². The Hall–Kier alpha value is -1.50. The van der Waals surface area contributed by atoms with E-state index in [1.165, 1.54) is 0 Å². The largest absolute Gasteiger partial charge is 0.444 e. The van der Waals surface area contributed by atoms with Crippen LogP contribution in [0.2, 0.25) is 0 Å². The summed E-state index contributed by atoms with van der Waals surface area (Å²) in [5.41, 5.74) is -0.434. The molecule has 1 rings (SSSR count). The Morgan fingerprint density at radius 2 is 1.88 bits per heavy atom. The van der Waals surface area contributed by atoms with Crippen molar-refractivity contribution >= 4 is 12.1 Å². The molecule has 1 unspecified atom stereocenters. The first-order chi connectivity index (χ1) is 11.2. The molecule has 0 saturated carbocycles. The van der Waals surface area contributed by atoms with Crippen LogP contribution in [0.4, 0.5) is 4.79 Å². The molecule has 1 aliphatic heterocycles. The number of nitrogens with zero attached hydrogens (tertiary/aromatic N) is 3.